The standard InChI is InChI=1S/C23H16Cl2OS/c24-21-12-20(23(25)27-21)22(26)15-6-5-14-8-9-17-16-4-2-1-3-13(16)7-10-18(17)19(14)11-15/h1-4,8-12,15H,5-7H2. The number of fused-ring (bicyclic) bond motifs is 5. The number of aryl methyl sites for hydroxylation is 1. The quantitative estimate of drug-likeness (QED) is 0.524. The summed E-state index contributed by atoms with van der Waals surface area (Å²) in [7, 11) is 0. The van der Waals surface area contributed by atoms with Crippen LogP contribution in [-0.2, 0) is 12.8 Å². The number of carbonyl (C=O) groups is 1. The van der Waals surface area contributed by atoms with Crippen LogP contribution in [0.5, 0.6) is 0 Å². The van der Waals surface area contributed by atoms with E-state index in [2.05, 4.69) is 48.6 Å². The van der Waals surface area contributed by atoms with E-state index in [1.165, 1.54) is 44.0 Å². The van der Waals surface area contributed by atoms with Gasteiger partial charge in [0.1, 0.15) is 4.34 Å². The fraction of sp³-hybridized carbons (Fsp3) is 0.174. The average Bonchev–Trinajstić information content (AvgIpc) is 3.04. The van der Waals surface area contributed by atoms with Crippen LogP contribution in [0, 0.1) is 5.92 Å². The van der Waals surface area contributed by atoms with Crippen molar-refractivity contribution in [3.63, 3.8) is 0 Å². The predicted molar refractivity (Wildman–Crippen MR) is 114 cm³/mol. The summed E-state index contributed by atoms with van der Waals surface area (Å²) in [6.45, 7) is 0. The molecule has 1 heterocycles. The van der Waals surface area contributed by atoms with Gasteiger partial charge in [-0.1, -0.05) is 71.8 Å². The molecule has 0 bridgehead atoms. The minimum Gasteiger partial charge on any atom is -0.293 e. The number of rotatable bonds is 2. The largest absolute Gasteiger partial charge is 0.293 e. The van der Waals surface area contributed by atoms with Gasteiger partial charge in [-0.25, -0.2) is 0 Å². The van der Waals surface area contributed by atoms with Crippen molar-refractivity contribution in [2.45, 2.75) is 19.3 Å². The van der Waals surface area contributed by atoms with E-state index in [1.807, 2.05) is 0 Å². The zero-order valence-electron chi connectivity index (χ0n) is 14.5. The van der Waals surface area contributed by atoms with Crippen molar-refractivity contribution in [2.24, 2.45) is 5.92 Å². The molecule has 0 aliphatic heterocycles. The molecule has 0 spiro atoms. The summed E-state index contributed by atoms with van der Waals surface area (Å²) < 4.78 is 1.04. The summed E-state index contributed by atoms with van der Waals surface area (Å²) >= 11 is 13.5. The molecule has 0 fully saturated rings. The van der Waals surface area contributed by atoms with E-state index in [9.17, 15) is 4.79 Å². The van der Waals surface area contributed by atoms with E-state index < -0.39 is 0 Å². The summed E-state index contributed by atoms with van der Waals surface area (Å²) in [5.74, 6) is -0.0830. The molecule has 2 aliphatic carbocycles. The molecule has 1 nitrogen and oxygen atoms in total. The molecule has 5 rings (SSSR count). The molecule has 0 saturated heterocycles. The van der Waals surface area contributed by atoms with Gasteiger partial charge in [-0.05, 0) is 58.0 Å². The van der Waals surface area contributed by atoms with Crippen LogP contribution < -0.4 is 10.4 Å². The molecule has 2 aromatic carbocycles. The van der Waals surface area contributed by atoms with Gasteiger partial charge in [0.05, 0.1) is 4.34 Å². The van der Waals surface area contributed by atoms with E-state index in [-0.39, 0.29) is 11.7 Å². The Morgan fingerprint density at radius 1 is 1.00 bits per heavy atom. The molecule has 1 atom stereocenters. The first-order chi connectivity index (χ1) is 13.1. The smallest absolute Gasteiger partial charge is 0.172 e. The van der Waals surface area contributed by atoms with E-state index in [0.29, 0.717) is 14.2 Å². The Kier molecular flexibility index (Phi) is 4.23. The lowest BCUT2D eigenvalue weighted by molar-refractivity contribution is 0.0947. The molecule has 2 aliphatic rings. The van der Waals surface area contributed by atoms with E-state index in [4.69, 9.17) is 23.2 Å². The summed E-state index contributed by atoms with van der Waals surface area (Å²) in [5.41, 5.74) is 5.79. The maximum absolute atomic E-state index is 13.0. The normalized spacial score (nSPS) is 17.2. The van der Waals surface area contributed by atoms with Crippen LogP contribution in [0.3, 0.4) is 0 Å². The van der Waals surface area contributed by atoms with Crippen molar-refractivity contribution in [2.75, 3.05) is 0 Å². The SMILES string of the molecule is O=C(c1cc(Cl)sc1Cl)C1C=c2c(ccc3c2=CCc2ccccc2-3)CC1. The Labute approximate surface area is 171 Å². The van der Waals surface area contributed by atoms with Gasteiger partial charge in [0.25, 0.3) is 0 Å². The first-order valence-corrected chi connectivity index (χ1v) is 10.6. The van der Waals surface area contributed by atoms with E-state index >= 15 is 0 Å². The zero-order valence-corrected chi connectivity index (χ0v) is 16.8. The second-order valence-corrected chi connectivity index (χ2v) is 9.36. The van der Waals surface area contributed by atoms with Crippen molar-refractivity contribution in [3.05, 3.63) is 78.3 Å². The molecular weight excluding hydrogens is 395 g/mol. The Bertz CT molecular complexity index is 1210. The molecule has 0 N–H and O–H groups in total. The minimum atomic E-state index is -0.155. The number of halogens is 2. The molecule has 134 valence electrons. The first kappa shape index (κ1) is 17.2. The lowest BCUT2D eigenvalue weighted by Crippen LogP contribution is -2.37. The summed E-state index contributed by atoms with van der Waals surface area (Å²) in [6.07, 6.45) is 7.09. The Hall–Kier alpha value is -1.87. The number of Topliss-reactive ketones (excluding diaryl/α,β-unsaturated/α-hetero) is 1. The van der Waals surface area contributed by atoms with Crippen LogP contribution in [0.4, 0.5) is 0 Å². The van der Waals surface area contributed by atoms with Crippen LogP contribution in [0.15, 0.2) is 42.5 Å². The molecule has 3 aromatic rings. The number of hydrogen-bond acceptors (Lipinski definition) is 2. The maximum Gasteiger partial charge on any atom is 0.172 e. The number of carbonyl (C=O) groups excluding carboxylic acids is 1. The monoisotopic (exact) mass is 410 g/mol. The lowest BCUT2D eigenvalue weighted by atomic mass is 9.82. The molecular formula is C23H16Cl2OS. The molecule has 0 amide bonds. The topological polar surface area (TPSA) is 17.1 Å². The minimum absolute atomic E-state index is 0.0719. The van der Waals surface area contributed by atoms with Gasteiger partial charge in [-0.15, -0.1) is 11.3 Å². The highest BCUT2D eigenvalue weighted by Gasteiger charge is 2.25. The fourth-order valence-corrected chi connectivity index (χ4v) is 5.71. The highest BCUT2D eigenvalue weighted by Crippen LogP contribution is 2.34. The number of benzene rings is 2. The highest BCUT2D eigenvalue weighted by atomic mass is 35.5. The molecule has 0 saturated carbocycles. The van der Waals surface area contributed by atoms with E-state index in [0.717, 1.165) is 19.3 Å². The summed E-state index contributed by atoms with van der Waals surface area (Å²) in [6, 6.07) is 14.7. The number of hydrogen-bond donors (Lipinski definition) is 0. The third-order valence-corrected chi connectivity index (χ3v) is 7.05. The predicted octanol–water partition coefficient (Wildman–Crippen LogP) is 5.28. The van der Waals surface area contributed by atoms with Crippen molar-refractivity contribution in [1.82, 2.24) is 0 Å². The van der Waals surface area contributed by atoms with Gasteiger partial charge in [0, 0.05) is 11.5 Å². The van der Waals surface area contributed by atoms with Crippen LogP contribution in [0.2, 0.25) is 8.67 Å². The molecule has 4 heteroatoms. The molecule has 27 heavy (non-hydrogen) atoms. The Balaban J connectivity index is 1.65. The summed E-state index contributed by atoms with van der Waals surface area (Å²) in [4.78, 5) is 13.0. The molecule has 1 aromatic heterocycles. The van der Waals surface area contributed by atoms with Gasteiger partial charge in [-0.2, -0.15) is 0 Å². The zero-order chi connectivity index (χ0) is 18.5. The van der Waals surface area contributed by atoms with Crippen LogP contribution >= 0.6 is 34.5 Å². The van der Waals surface area contributed by atoms with Crippen molar-refractivity contribution in [1.29, 1.82) is 0 Å². The third-order valence-electron chi connectivity index (χ3n) is 5.56. The number of ketones is 1. The van der Waals surface area contributed by atoms with Crippen molar-refractivity contribution in [3.8, 4) is 11.1 Å². The second-order valence-electron chi connectivity index (χ2n) is 7.08. The maximum atomic E-state index is 13.0. The van der Waals surface area contributed by atoms with Gasteiger partial charge >= 0.3 is 0 Å². The summed E-state index contributed by atoms with van der Waals surface area (Å²) in [5, 5.41) is 2.47. The Morgan fingerprint density at radius 3 is 2.67 bits per heavy atom. The molecule has 1 unspecified atom stereocenters. The van der Waals surface area contributed by atoms with Crippen LogP contribution in [-0.4, -0.2) is 5.78 Å². The Morgan fingerprint density at radius 2 is 1.85 bits per heavy atom. The van der Waals surface area contributed by atoms with Gasteiger partial charge in [0.15, 0.2) is 5.78 Å². The second kappa shape index (κ2) is 6.63. The van der Waals surface area contributed by atoms with Gasteiger partial charge in [0.2, 0.25) is 0 Å². The first-order valence-electron chi connectivity index (χ1n) is 9.03. The average molecular weight is 411 g/mol. The van der Waals surface area contributed by atoms with Crippen molar-refractivity contribution < 1.29 is 4.79 Å². The van der Waals surface area contributed by atoms with Gasteiger partial charge in [-0.3, -0.25) is 4.79 Å². The third kappa shape index (κ3) is 2.87. The highest BCUT2D eigenvalue weighted by molar-refractivity contribution is 7.20. The fourth-order valence-electron chi connectivity index (χ4n) is 4.23. The van der Waals surface area contributed by atoms with E-state index in [1.54, 1.807) is 6.07 Å². The van der Waals surface area contributed by atoms with Crippen LogP contribution in [0.25, 0.3) is 23.3 Å². The van der Waals surface area contributed by atoms with Gasteiger partial charge < -0.3 is 0 Å². The van der Waals surface area contributed by atoms with Crippen LogP contribution in [0.1, 0.15) is 27.9 Å². The van der Waals surface area contributed by atoms with Crippen molar-refractivity contribution >= 4 is 52.5 Å². The number of thiophene rings is 1. The lowest BCUT2D eigenvalue weighted by Gasteiger charge is -2.21. The molecule has 0 radical (unpaired) electrons.